The van der Waals surface area contributed by atoms with E-state index in [2.05, 4.69) is 30.7 Å². The van der Waals surface area contributed by atoms with Gasteiger partial charge in [0.25, 0.3) is 0 Å². The van der Waals surface area contributed by atoms with Gasteiger partial charge in [-0.25, -0.2) is 13.6 Å². The molecular formula is C29H37BrClF2N5O3. The number of likely N-dealkylation sites (tertiary alicyclic amines) is 1. The van der Waals surface area contributed by atoms with E-state index < -0.39 is 17.6 Å². The standard InChI is InChI=1S/C29H37BrClF2N5O3/c1-28(2,3)41-27(39)38-18-5-6-19(38)14-37(13-18)25-20-11-21(31)22(30)23(33)24(20)34-26(35-25)40-16-29(8-4-9-29)15-36-10-7-17(32)12-36/h11,17-19H,4-10,12-16H2,1-3H3/t17-,18?,19?/m1/s1. The molecule has 41 heavy (non-hydrogen) atoms. The summed E-state index contributed by atoms with van der Waals surface area (Å²) < 4.78 is 41.4. The molecule has 0 radical (unpaired) electrons. The van der Waals surface area contributed by atoms with Crippen molar-refractivity contribution in [1.29, 1.82) is 0 Å². The maximum Gasteiger partial charge on any atom is 0.410 e. The van der Waals surface area contributed by atoms with Crippen molar-refractivity contribution in [2.24, 2.45) is 5.41 Å². The van der Waals surface area contributed by atoms with Gasteiger partial charge in [-0.15, -0.1) is 0 Å². The Bertz CT molecular complexity index is 1330. The third kappa shape index (κ3) is 5.83. The highest BCUT2D eigenvalue weighted by Crippen LogP contribution is 2.44. The molecule has 1 saturated carbocycles. The normalized spacial score (nSPS) is 26.0. The summed E-state index contributed by atoms with van der Waals surface area (Å²) in [6.07, 6.45) is 4.30. The van der Waals surface area contributed by atoms with Crippen LogP contribution in [0.4, 0.5) is 19.4 Å². The van der Waals surface area contributed by atoms with Crippen molar-refractivity contribution in [3.63, 3.8) is 0 Å². The zero-order chi connectivity index (χ0) is 29.1. The first-order valence-corrected chi connectivity index (χ1v) is 15.7. The number of hydrogen-bond donors (Lipinski definition) is 0. The number of fused-ring (bicyclic) bond motifs is 3. The molecular weight excluding hydrogens is 620 g/mol. The zero-order valence-corrected chi connectivity index (χ0v) is 26.1. The van der Waals surface area contributed by atoms with Gasteiger partial charge in [-0.2, -0.15) is 9.97 Å². The highest BCUT2D eigenvalue weighted by atomic mass is 79.9. The Morgan fingerprint density at radius 1 is 1.17 bits per heavy atom. The molecule has 3 aliphatic heterocycles. The first-order chi connectivity index (χ1) is 19.4. The highest BCUT2D eigenvalue weighted by Gasteiger charge is 2.45. The van der Waals surface area contributed by atoms with Crippen LogP contribution in [0.15, 0.2) is 10.5 Å². The van der Waals surface area contributed by atoms with Crippen molar-refractivity contribution in [2.75, 3.05) is 44.2 Å². The first-order valence-electron chi connectivity index (χ1n) is 14.5. The van der Waals surface area contributed by atoms with Crippen LogP contribution in [0.5, 0.6) is 6.01 Å². The Kier molecular flexibility index (Phi) is 7.77. The summed E-state index contributed by atoms with van der Waals surface area (Å²) in [5.74, 6) is -0.0257. The second kappa shape index (κ2) is 10.9. The number of carbonyl (C=O) groups is 1. The molecule has 6 rings (SSSR count). The molecule has 4 heterocycles. The number of rotatable bonds is 6. The lowest BCUT2D eigenvalue weighted by atomic mass is 9.69. The Labute approximate surface area is 252 Å². The van der Waals surface area contributed by atoms with Crippen molar-refractivity contribution >= 4 is 50.3 Å². The number of amides is 1. The quantitative estimate of drug-likeness (QED) is 0.335. The van der Waals surface area contributed by atoms with E-state index in [1.165, 1.54) is 0 Å². The van der Waals surface area contributed by atoms with Gasteiger partial charge in [0.05, 0.1) is 28.2 Å². The molecule has 1 aromatic carbocycles. The average Bonchev–Trinajstić information content (AvgIpc) is 3.41. The Morgan fingerprint density at radius 3 is 2.46 bits per heavy atom. The lowest BCUT2D eigenvalue weighted by Gasteiger charge is -2.43. The molecule has 4 fully saturated rings. The fraction of sp³-hybridized carbons (Fsp3) is 0.690. The number of hydrogen-bond acceptors (Lipinski definition) is 7. The highest BCUT2D eigenvalue weighted by molar-refractivity contribution is 9.10. The van der Waals surface area contributed by atoms with Crippen LogP contribution in [0, 0.1) is 11.2 Å². The number of benzene rings is 1. The monoisotopic (exact) mass is 655 g/mol. The number of carbonyl (C=O) groups excluding carboxylic acids is 1. The molecule has 2 bridgehead atoms. The van der Waals surface area contributed by atoms with E-state index in [0.717, 1.165) is 45.2 Å². The van der Waals surface area contributed by atoms with Gasteiger partial charge in [-0.3, -0.25) is 9.80 Å². The van der Waals surface area contributed by atoms with E-state index in [1.54, 1.807) is 6.07 Å². The van der Waals surface area contributed by atoms with Gasteiger partial charge in [0, 0.05) is 43.5 Å². The number of halogens is 4. The molecule has 3 saturated heterocycles. The van der Waals surface area contributed by atoms with Crippen LogP contribution < -0.4 is 9.64 Å². The maximum atomic E-state index is 15.5. The van der Waals surface area contributed by atoms with Crippen molar-refractivity contribution in [2.45, 2.75) is 83.2 Å². The molecule has 8 nitrogen and oxygen atoms in total. The average molecular weight is 657 g/mol. The summed E-state index contributed by atoms with van der Waals surface area (Å²) >= 11 is 9.64. The minimum Gasteiger partial charge on any atom is -0.463 e. The molecule has 1 aliphatic carbocycles. The fourth-order valence-electron chi connectivity index (χ4n) is 6.78. The van der Waals surface area contributed by atoms with Gasteiger partial charge < -0.3 is 14.4 Å². The smallest absolute Gasteiger partial charge is 0.410 e. The van der Waals surface area contributed by atoms with Crippen molar-refractivity contribution in [3.8, 4) is 6.01 Å². The van der Waals surface area contributed by atoms with Gasteiger partial charge >= 0.3 is 12.1 Å². The van der Waals surface area contributed by atoms with Gasteiger partial charge in [0.15, 0.2) is 5.82 Å². The fourth-order valence-corrected chi connectivity index (χ4v) is 7.27. The summed E-state index contributed by atoms with van der Waals surface area (Å²) in [5.41, 5.74) is -0.532. The molecule has 0 spiro atoms. The van der Waals surface area contributed by atoms with Gasteiger partial charge in [-0.1, -0.05) is 18.0 Å². The third-order valence-electron chi connectivity index (χ3n) is 8.87. The van der Waals surface area contributed by atoms with E-state index in [4.69, 9.17) is 26.1 Å². The predicted molar refractivity (Wildman–Crippen MR) is 157 cm³/mol. The Hall–Kier alpha value is -1.98. The summed E-state index contributed by atoms with van der Waals surface area (Å²) in [7, 11) is 0. The second-order valence-corrected chi connectivity index (χ2v) is 14.4. The molecule has 0 N–H and O–H groups in total. The number of aromatic nitrogens is 2. The Morgan fingerprint density at radius 2 is 1.88 bits per heavy atom. The molecule has 224 valence electrons. The largest absolute Gasteiger partial charge is 0.463 e. The third-order valence-corrected chi connectivity index (χ3v) is 10.2. The van der Waals surface area contributed by atoms with Crippen LogP contribution in [0.25, 0.3) is 10.9 Å². The Balaban J connectivity index is 1.27. The number of ether oxygens (including phenoxy) is 2. The molecule has 12 heteroatoms. The number of alkyl halides is 1. The van der Waals surface area contributed by atoms with E-state index in [-0.39, 0.29) is 44.6 Å². The minimum atomic E-state index is -0.765. The number of anilines is 1. The van der Waals surface area contributed by atoms with E-state index in [1.807, 2.05) is 25.7 Å². The van der Waals surface area contributed by atoms with E-state index in [0.29, 0.717) is 43.9 Å². The lowest BCUT2D eigenvalue weighted by molar-refractivity contribution is 0.0122. The summed E-state index contributed by atoms with van der Waals surface area (Å²) in [4.78, 5) is 28.4. The molecule has 1 amide bonds. The van der Waals surface area contributed by atoms with E-state index >= 15 is 4.39 Å². The van der Waals surface area contributed by atoms with Gasteiger partial charge in [-0.05, 0) is 74.9 Å². The van der Waals surface area contributed by atoms with Crippen molar-refractivity contribution in [3.05, 3.63) is 21.4 Å². The van der Waals surface area contributed by atoms with Crippen molar-refractivity contribution < 1.29 is 23.0 Å². The van der Waals surface area contributed by atoms with Crippen LogP contribution >= 0.6 is 27.5 Å². The second-order valence-electron chi connectivity index (χ2n) is 13.2. The van der Waals surface area contributed by atoms with Crippen LogP contribution in [0.1, 0.15) is 59.3 Å². The first kappa shape index (κ1) is 29.1. The summed E-state index contributed by atoms with van der Waals surface area (Å²) in [6.45, 7) is 9.05. The number of piperazine rings is 1. The summed E-state index contributed by atoms with van der Waals surface area (Å²) in [6, 6.07) is 1.69. The molecule has 2 unspecified atom stereocenters. The summed E-state index contributed by atoms with van der Waals surface area (Å²) in [5, 5.41) is 0.728. The maximum absolute atomic E-state index is 15.5. The van der Waals surface area contributed by atoms with Crippen LogP contribution in [0.2, 0.25) is 5.02 Å². The van der Waals surface area contributed by atoms with Gasteiger partial charge in [0.2, 0.25) is 0 Å². The molecule has 2 aromatic rings. The van der Waals surface area contributed by atoms with Crippen LogP contribution in [-0.4, -0.2) is 89.0 Å². The SMILES string of the molecule is CC(C)(C)OC(=O)N1C2CCC1CN(c1nc(OCC3(CN4CC[C@@H](F)C4)CCC3)nc3c(F)c(Br)c(Cl)cc13)C2. The molecule has 3 atom stereocenters. The molecule has 1 aromatic heterocycles. The van der Waals surface area contributed by atoms with Crippen molar-refractivity contribution in [1.82, 2.24) is 19.8 Å². The van der Waals surface area contributed by atoms with E-state index in [9.17, 15) is 9.18 Å². The van der Waals surface area contributed by atoms with Crippen LogP contribution in [0.3, 0.4) is 0 Å². The van der Waals surface area contributed by atoms with Crippen LogP contribution in [-0.2, 0) is 4.74 Å². The lowest BCUT2D eigenvalue weighted by Crippen LogP contribution is -2.57. The zero-order valence-electron chi connectivity index (χ0n) is 23.8. The number of nitrogens with zero attached hydrogens (tertiary/aromatic N) is 5. The van der Waals surface area contributed by atoms with Gasteiger partial charge in [0.1, 0.15) is 23.1 Å². The predicted octanol–water partition coefficient (Wildman–Crippen LogP) is 6.37. The topological polar surface area (TPSA) is 71.0 Å². The molecule has 4 aliphatic rings. The minimum absolute atomic E-state index is 0.0493.